The van der Waals surface area contributed by atoms with E-state index in [-0.39, 0.29) is 0 Å². The Bertz CT molecular complexity index is 238. The van der Waals surface area contributed by atoms with E-state index < -0.39 is 29.4 Å². The van der Waals surface area contributed by atoms with Gasteiger partial charge in [-0.3, -0.25) is 0 Å². The minimum atomic E-state index is -4.44. The first kappa shape index (κ1) is 8.08. The molecule has 0 spiro atoms. The molecule has 0 aromatic carbocycles. The molecule has 1 saturated carbocycles. The second kappa shape index (κ2) is 2.24. The maximum atomic E-state index is 12.9. The summed E-state index contributed by atoms with van der Waals surface area (Å²) in [5.41, 5.74) is -0.876. The van der Waals surface area contributed by atoms with Gasteiger partial charge in [-0.2, -0.15) is 13.2 Å². The predicted molar refractivity (Wildman–Crippen MR) is 35.0 cm³/mol. The SMILES string of the molecule is FC1=C(C(F)(F)F)C2CCC1C2. The zero-order chi connectivity index (χ0) is 8.93. The smallest absolute Gasteiger partial charge is 0.211 e. The minimum absolute atomic E-state index is 0.376. The molecule has 0 aliphatic heterocycles. The Kier molecular flexibility index (Phi) is 1.50. The van der Waals surface area contributed by atoms with Crippen molar-refractivity contribution in [2.45, 2.75) is 25.4 Å². The molecule has 2 aliphatic carbocycles. The van der Waals surface area contributed by atoms with Crippen LogP contribution in [0.2, 0.25) is 0 Å². The van der Waals surface area contributed by atoms with Crippen molar-refractivity contribution in [3.63, 3.8) is 0 Å². The molecular weight excluding hydrogens is 172 g/mol. The molecule has 0 aromatic rings. The Morgan fingerprint density at radius 3 is 2.00 bits per heavy atom. The number of fused-ring (bicyclic) bond motifs is 2. The van der Waals surface area contributed by atoms with Crippen LogP contribution < -0.4 is 0 Å². The lowest BCUT2D eigenvalue weighted by Crippen LogP contribution is -2.18. The summed E-state index contributed by atoms with van der Waals surface area (Å²) in [7, 11) is 0. The second-order valence-electron chi connectivity index (χ2n) is 3.47. The summed E-state index contributed by atoms with van der Waals surface area (Å²) in [4.78, 5) is 0. The van der Waals surface area contributed by atoms with Crippen LogP contribution in [0.1, 0.15) is 19.3 Å². The van der Waals surface area contributed by atoms with Gasteiger partial charge >= 0.3 is 6.18 Å². The molecule has 0 N–H and O–H groups in total. The van der Waals surface area contributed by atoms with E-state index in [4.69, 9.17) is 0 Å². The van der Waals surface area contributed by atoms with Crippen molar-refractivity contribution in [3.05, 3.63) is 11.4 Å². The van der Waals surface area contributed by atoms with Crippen LogP contribution >= 0.6 is 0 Å². The quantitative estimate of drug-likeness (QED) is 0.502. The van der Waals surface area contributed by atoms with Crippen molar-refractivity contribution >= 4 is 0 Å². The number of alkyl halides is 3. The zero-order valence-corrected chi connectivity index (χ0v) is 6.29. The molecule has 0 aromatic heterocycles. The maximum Gasteiger partial charge on any atom is 0.415 e. The number of halogens is 4. The predicted octanol–water partition coefficient (Wildman–Crippen LogP) is 3.20. The van der Waals surface area contributed by atoms with Crippen LogP contribution in [0.4, 0.5) is 17.6 Å². The van der Waals surface area contributed by atoms with Gasteiger partial charge in [0.05, 0.1) is 5.57 Å². The standard InChI is InChI=1S/C8H8F4/c9-7-5-2-1-4(3-5)6(7)8(10,11)12/h4-5H,1-3H2. The molecule has 0 nitrogen and oxygen atoms in total. The first-order valence-electron chi connectivity index (χ1n) is 3.97. The summed E-state index contributed by atoms with van der Waals surface area (Å²) in [6.07, 6.45) is -2.96. The molecular formula is C8H8F4. The largest absolute Gasteiger partial charge is 0.415 e. The lowest BCUT2D eigenvalue weighted by atomic mass is 9.97. The molecule has 1 fully saturated rings. The van der Waals surface area contributed by atoms with Gasteiger partial charge in [0.15, 0.2) is 0 Å². The number of hydrogen-bond acceptors (Lipinski definition) is 0. The molecule has 0 amide bonds. The van der Waals surface area contributed by atoms with Gasteiger partial charge in [-0.1, -0.05) is 0 Å². The van der Waals surface area contributed by atoms with E-state index in [1.54, 1.807) is 0 Å². The Hall–Kier alpha value is -0.540. The molecule has 2 atom stereocenters. The van der Waals surface area contributed by atoms with Crippen LogP contribution in [-0.4, -0.2) is 6.18 Å². The highest BCUT2D eigenvalue weighted by Crippen LogP contribution is 2.53. The third-order valence-electron chi connectivity index (χ3n) is 2.76. The molecule has 2 rings (SSSR count). The van der Waals surface area contributed by atoms with Gasteiger partial charge in [0.25, 0.3) is 0 Å². The Morgan fingerprint density at radius 2 is 1.67 bits per heavy atom. The normalized spacial score (nSPS) is 35.0. The van der Waals surface area contributed by atoms with E-state index in [9.17, 15) is 17.6 Å². The van der Waals surface area contributed by atoms with Gasteiger partial charge in [0.1, 0.15) is 5.83 Å². The minimum Gasteiger partial charge on any atom is -0.211 e. The number of hydrogen-bond donors (Lipinski definition) is 0. The topological polar surface area (TPSA) is 0 Å². The first-order chi connectivity index (χ1) is 5.50. The van der Waals surface area contributed by atoms with Crippen molar-refractivity contribution in [2.75, 3.05) is 0 Å². The van der Waals surface area contributed by atoms with Crippen molar-refractivity contribution < 1.29 is 17.6 Å². The van der Waals surface area contributed by atoms with E-state index in [1.165, 1.54) is 0 Å². The summed E-state index contributed by atoms with van der Waals surface area (Å²) in [6.45, 7) is 0. The van der Waals surface area contributed by atoms with E-state index in [0.717, 1.165) is 0 Å². The van der Waals surface area contributed by atoms with Gasteiger partial charge in [0, 0.05) is 5.92 Å². The Labute approximate surface area is 67.3 Å². The van der Waals surface area contributed by atoms with Crippen molar-refractivity contribution in [2.24, 2.45) is 11.8 Å². The zero-order valence-electron chi connectivity index (χ0n) is 6.29. The average molecular weight is 180 g/mol. The number of allylic oxidation sites excluding steroid dienone is 2. The summed E-state index contributed by atoms with van der Waals surface area (Å²) >= 11 is 0. The van der Waals surface area contributed by atoms with Gasteiger partial charge in [-0.25, -0.2) is 4.39 Å². The molecule has 2 bridgehead atoms. The fourth-order valence-electron chi connectivity index (χ4n) is 2.26. The van der Waals surface area contributed by atoms with Crippen LogP contribution in [0.3, 0.4) is 0 Å². The Balaban J connectivity index is 2.36. The van der Waals surface area contributed by atoms with Crippen molar-refractivity contribution in [1.82, 2.24) is 0 Å². The van der Waals surface area contributed by atoms with Crippen molar-refractivity contribution in [1.29, 1.82) is 0 Å². The maximum absolute atomic E-state index is 12.9. The monoisotopic (exact) mass is 180 g/mol. The van der Waals surface area contributed by atoms with E-state index >= 15 is 0 Å². The highest BCUT2D eigenvalue weighted by Gasteiger charge is 2.50. The highest BCUT2D eigenvalue weighted by molar-refractivity contribution is 5.28. The summed E-state index contributed by atoms with van der Waals surface area (Å²) < 4.78 is 49.5. The van der Waals surface area contributed by atoms with Crippen LogP contribution in [0, 0.1) is 11.8 Å². The summed E-state index contributed by atoms with van der Waals surface area (Å²) in [6, 6.07) is 0. The molecule has 2 aliphatic rings. The van der Waals surface area contributed by atoms with Crippen molar-refractivity contribution in [3.8, 4) is 0 Å². The molecule has 0 heterocycles. The fourth-order valence-corrected chi connectivity index (χ4v) is 2.26. The third kappa shape index (κ3) is 0.967. The van der Waals surface area contributed by atoms with Gasteiger partial charge in [-0.05, 0) is 25.2 Å². The van der Waals surface area contributed by atoms with Gasteiger partial charge < -0.3 is 0 Å². The number of rotatable bonds is 0. The average Bonchev–Trinajstić information content (AvgIpc) is 2.42. The van der Waals surface area contributed by atoms with E-state index in [0.29, 0.717) is 19.3 Å². The third-order valence-corrected chi connectivity index (χ3v) is 2.76. The van der Waals surface area contributed by atoms with Crippen LogP contribution in [0.15, 0.2) is 11.4 Å². The summed E-state index contributed by atoms with van der Waals surface area (Å²) in [5.74, 6) is -1.86. The van der Waals surface area contributed by atoms with Gasteiger partial charge in [0.2, 0.25) is 0 Å². The van der Waals surface area contributed by atoms with Crippen LogP contribution in [-0.2, 0) is 0 Å². The van der Waals surface area contributed by atoms with E-state index in [1.807, 2.05) is 0 Å². The molecule has 0 radical (unpaired) electrons. The van der Waals surface area contributed by atoms with Crippen LogP contribution in [0.25, 0.3) is 0 Å². The molecule has 12 heavy (non-hydrogen) atoms. The second-order valence-corrected chi connectivity index (χ2v) is 3.47. The molecule has 68 valence electrons. The highest BCUT2D eigenvalue weighted by atomic mass is 19.4. The summed E-state index contributed by atoms with van der Waals surface area (Å²) in [5, 5.41) is 0. The molecule has 2 unspecified atom stereocenters. The fraction of sp³-hybridized carbons (Fsp3) is 0.750. The lowest BCUT2D eigenvalue weighted by Gasteiger charge is -2.17. The molecule has 0 saturated heterocycles. The lowest BCUT2D eigenvalue weighted by molar-refractivity contribution is -0.0999. The van der Waals surface area contributed by atoms with Crippen LogP contribution in [0.5, 0.6) is 0 Å². The first-order valence-corrected chi connectivity index (χ1v) is 3.97. The van der Waals surface area contributed by atoms with E-state index in [2.05, 4.69) is 0 Å². The molecule has 4 heteroatoms. The van der Waals surface area contributed by atoms with Gasteiger partial charge in [-0.15, -0.1) is 0 Å². The Morgan fingerprint density at radius 1 is 1.08 bits per heavy atom.